The largest absolute Gasteiger partial charge is 0.464 e. The molecule has 0 aromatic rings. The first-order valence-corrected chi connectivity index (χ1v) is 6.64. The molecule has 0 radical (unpaired) electrons. The molecule has 5 nitrogen and oxygen atoms in total. The molecule has 1 fully saturated rings. The average molecular weight is 257 g/mol. The third-order valence-electron chi connectivity index (χ3n) is 3.34. The van der Waals surface area contributed by atoms with Crippen molar-refractivity contribution in [3.05, 3.63) is 0 Å². The highest BCUT2D eigenvalue weighted by molar-refractivity contribution is 5.78. The van der Waals surface area contributed by atoms with Crippen LogP contribution in [-0.4, -0.2) is 37.2 Å². The summed E-state index contributed by atoms with van der Waals surface area (Å²) in [7, 11) is 0. The Bertz CT molecular complexity index is 282. The van der Waals surface area contributed by atoms with E-state index < -0.39 is 6.04 Å². The summed E-state index contributed by atoms with van der Waals surface area (Å²) in [4.78, 5) is 22.5. The minimum absolute atomic E-state index is 0.0861. The van der Waals surface area contributed by atoms with Crippen molar-refractivity contribution in [3.63, 3.8) is 0 Å². The molecule has 0 bridgehead atoms. The van der Waals surface area contributed by atoms with Gasteiger partial charge in [-0.25, -0.2) is 4.79 Å². The third-order valence-corrected chi connectivity index (χ3v) is 3.34. The Morgan fingerprint density at radius 1 is 1.50 bits per heavy atom. The lowest BCUT2D eigenvalue weighted by Gasteiger charge is -2.36. The van der Waals surface area contributed by atoms with Gasteiger partial charge in [0.25, 0.3) is 0 Å². The van der Waals surface area contributed by atoms with E-state index in [1.165, 1.54) is 0 Å². The van der Waals surface area contributed by atoms with Crippen LogP contribution in [0.2, 0.25) is 0 Å². The number of nitrogens with one attached hydrogen (secondary N) is 1. The van der Waals surface area contributed by atoms with Crippen molar-refractivity contribution < 1.29 is 19.1 Å². The summed E-state index contributed by atoms with van der Waals surface area (Å²) in [5, 5.41) is 2.59. The van der Waals surface area contributed by atoms with Gasteiger partial charge in [0, 0.05) is 0 Å². The Labute approximate surface area is 108 Å². The second-order valence-electron chi connectivity index (χ2n) is 4.72. The van der Waals surface area contributed by atoms with Crippen LogP contribution in [0.5, 0.6) is 0 Å². The van der Waals surface area contributed by atoms with Crippen LogP contribution in [0.1, 0.15) is 40.0 Å². The van der Waals surface area contributed by atoms with E-state index in [0.717, 1.165) is 19.3 Å². The molecular weight excluding hydrogens is 234 g/mol. The van der Waals surface area contributed by atoms with Crippen molar-refractivity contribution >= 4 is 12.4 Å². The minimum Gasteiger partial charge on any atom is -0.464 e. The van der Waals surface area contributed by atoms with Crippen LogP contribution >= 0.6 is 0 Å². The molecule has 5 heteroatoms. The number of hydrogen-bond donors (Lipinski definition) is 1. The van der Waals surface area contributed by atoms with Gasteiger partial charge < -0.3 is 14.8 Å². The van der Waals surface area contributed by atoms with Crippen LogP contribution < -0.4 is 5.32 Å². The lowest BCUT2D eigenvalue weighted by Crippen LogP contribution is -2.48. The van der Waals surface area contributed by atoms with E-state index in [4.69, 9.17) is 9.47 Å². The number of ether oxygens (including phenoxy) is 2. The molecule has 0 saturated carbocycles. The van der Waals surface area contributed by atoms with Gasteiger partial charge in [0.05, 0.1) is 18.8 Å². The Morgan fingerprint density at radius 2 is 2.22 bits per heavy atom. The van der Waals surface area contributed by atoms with E-state index >= 15 is 0 Å². The normalized spacial score (nSPS) is 29.4. The maximum absolute atomic E-state index is 11.8. The van der Waals surface area contributed by atoms with Crippen molar-refractivity contribution in [1.82, 2.24) is 5.32 Å². The lowest BCUT2D eigenvalue weighted by molar-refractivity contribution is -0.151. The zero-order chi connectivity index (χ0) is 13.5. The summed E-state index contributed by atoms with van der Waals surface area (Å²) in [6.45, 7) is 6.15. The summed E-state index contributed by atoms with van der Waals surface area (Å²) < 4.78 is 10.8. The van der Waals surface area contributed by atoms with Gasteiger partial charge in [-0.1, -0.05) is 6.92 Å². The van der Waals surface area contributed by atoms with Gasteiger partial charge in [-0.3, -0.25) is 4.79 Å². The van der Waals surface area contributed by atoms with Gasteiger partial charge in [0.1, 0.15) is 6.04 Å². The molecule has 0 aromatic carbocycles. The van der Waals surface area contributed by atoms with E-state index in [-0.39, 0.29) is 24.1 Å². The van der Waals surface area contributed by atoms with E-state index in [2.05, 4.69) is 12.2 Å². The molecule has 1 amide bonds. The van der Waals surface area contributed by atoms with Gasteiger partial charge >= 0.3 is 5.97 Å². The number of amides is 1. The van der Waals surface area contributed by atoms with E-state index in [1.54, 1.807) is 6.92 Å². The average Bonchev–Trinajstić information content (AvgIpc) is 2.35. The SMILES string of the molecule is CCOC(=O)[C@@H](NC=O)[C@H]1C[C@@H](CC)O[C@H](C)C1. The van der Waals surface area contributed by atoms with Crippen LogP contribution in [0, 0.1) is 5.92 Å². The van der Waals surface area contributed by atoms with Crippen LogP contribution in [0.4, 0.5) is 0 Å². The van der Waals surface area contributed by atoms with E-state index in [1.807, 2.05) is 6.92 Å². The standard InChI is InChI=1S/C13H23NO4/c1-4-11-7-10(6-9(3)18-11)12(14-8-15)13(16)17-5-2/h8-12H,4-7H2,1-3H3,(H,14,15)/t9-,10-,11-,12+/m1/s1. The van der Waals surface area contributed by atoms with Crippen molar-refractivity contribution in [2.75, 3.05) is 6.61 Å². The number of rotatable bonds is 6. The lowest BCUT2D eigenvalue weighted by atomic mass is 9.85. The first-order chi connectivity index (χ1) is 8.62. The second-order valence-corrected chi connectivity index (χ2v) is 4.72. The number of carbonyl (C=O) groups excluding carboxylic acids is 2. The predicted octanol–water partition coefficient (Wildman–Crippen LogP) is 1.26. The van der Waals surface area contributed by atoms with Crippen LogP contribution in [0.25, 0.3) is 0 Å². The molecule has 104 valence electrons. The number of hydrogen-bond acceptors (Lipinski definition) is 4. The fourth-order valence-corrected chi connectivity index (χ4v) is 2.54. The Balaban J connectivity index is 2.71. The van der Waals surface area contributed by atoms with Crippen molar-refractivity contribution in [1.29, 1.82) is 0 Å². The molecular formula is C13H23NO4. The van der Waals surface area contributed by atoms with Gasteiger partial charge in [-0.15, -0.1) is 0 Å². The molecule has 0 spiro atoms. The van der Waals surface area contributed by atoms with Crippen LogP contribution in [0.3, 0.4) is 0 Å². The van der Waals surface area contributed by atoms with Gasteiger partial charge in [0.2, 0.25) is 6.41 Å². The fraction of sp³-hybridized carbons (Fsp3) is 0.846. The second kappa shape index (κ2) is 7.36. The quantitative estimate of drug-likeness (QED) is 0.574. The maximum atomic E-state index is 11.8. The van der Waals surface area contributed by atoms with Crippen LogP contribution in [-0.2, 0) is 19.1 Å². The van der Waals surface area contributed by atoms with Gasteiger partial charge in [-0.2, -0.15) is 0 Å². The number of carbonyl (C=O) groups is 2. The molecule has 1 aliphatic heterocycles. The zero-order valence-corrected chi connectivity index (χ0v) is 11.3. The Kier molecular flexibility index (Phi) is 6.12. The van der Waals surface area contributed by atoms with Crippen molar-refractivity contribution in [2.24, 2.45) is 5.92 Å². The topological polar surface area (TPSA) is 64.6 Å². The summed E-state index contributed by atoms with van der Waals surface area (Å²) in [6.07, 6.45) is 3.30. The summed E-state index contributed by atoms with van der Waals surface area (Å²) in [5.41, 5.74) is 0. The highest BCUT2D eigenvalue weighted by atomic mass is 16.5. The van der Waals surface area contributed by atoms with Crippen molar-refractivity contribution in [3.8, 4) is 0 Å². The zero-order valence-electron chi connectivity index (χ0n) is 11.3. The smallest absolute Gasteiger partial charge is 0.328 e. The van der Waals surface area contributed by atoms with Crippen molar-refractivity contribution in [2.45, 2.75) is 58.3 Å². The molecule has 0 unspecified atom stereocenters. The Morgan fingerprint density at radius 3 is 2.78 bits per heavy atom. The maximum Gasteiger partial charge on any atom is 0.328 e. The third kappa shape index (κ3) is 3.98. The first-order valence-electron chi connectivity index (χ1n) is 6.64. The van der Waals surface area contributed by atoms with E-state index in [0.29, 0.717) is 13.0 Å². The first kappa shape index (κ1) is 15.0. The molecule has 1 heterocycles. The van der Waals surface area contributed by atoms with Gasteiger partial charge in [-0.05, 0) is 39.0 Å². The molecule has 1 aliphatic rings. The fourth-order valence-electron chi connectivity index (χ4n) is 2.54. The highest BCUT2D eigenvalue weighted by Crippen LogP contribution is 2.29. The molecule has 1 saturated heterocycles. The minimum atomic E-state index is -0.553. The van der Waals surface area contributed by atoms with Crippen LogP contribution in [0.15, 0.2) is 0 Å². The molecule has 1 N–H and O–H groups in total. The summed E-state index contributed by atoms with van der Waals surface area (Å²) in [6, 6.07) is -0.553. The Hall–Kier alpha value is -1.10. The highest BCUT2D eigenvalue weighted by Gasteiger charge is 2.35. The summed E-state index contributed by atoms with van der Waals surface area (Å²) >= 11 is 0. The molecule has 1 rings (SSSR count). The van der Waals surface area contributed by atoms with E-state index in [9.17, 15) is 9.59 Å². The predicted molar refractivity (Wildman–Crippen MR) is 67.0 cm³/mol. The van der Waals surface area contributed by atoms with Gasteiger partial charge in [0.15, 0.2) is 0 Å². The summed E-state index contributed by atoms with van der Waals surface area (Å²) in [5.74, 6) is -0.262. The molecule has 0 aliphatic carbocycles. The molecule has 18 heavy (non-hydrogen) atoms. The number of esters is 1. The molecule has 4 atom stereocenters. The monoisotopic (exact) mass is 257 g/mol. The molecule has 0 aromatic heterocycles.